The van der Waals surface area contributed by atoms with Gasteiger partial charge in [0, 0.05) is 22.2 Å². The Morgan fingerprint density at radius 2 is 1.79 bits per heavy atom. The summed E-state index contributed by atoms with van der Waals surface area (Å²) in [5.74, 6) is 2.78. The van der Waals surface area contributed by atoms with Gasteiger partial charge in [0.25, 0.3) is 0 Å². The third kappa shape index (κ3) is 3.95. The highest BCUT2D eigenvalue weighted by Gasteiger charge is 2.17. The van der Waals surface area contributed by atoms with Crippen LogP contribution in [0.5, 0.6) is 0 Å². The second-order valence-electron chi connectivity index (χ2n) is 6.48. The van der Waals surface area contributed by atoms with Gasteiger partial charge in [0.15, 0.2) is 16.8 Å². The van der Waals surface area contributed by atoms with Crippen molar-refractivity contribution in [3.63, 3.8) is 0 Å². The molecule has 2 aromatic heterocycles. The Balaban J connectivity index is 1.67. The molecule has 0 aliphatic rings. The summed E-state index contributed by atoms with van der Waals surface area (Å²) in [6.07, 6.45) is 0. The largest absolute Gasteiger partial charge is 0.339 e. The maximum atomic E-state index is 6.03. The van der Waals surface area contributed by atoms with E-state index in [1.807, 2.05) is 73.0 Å². The topological polar surface area (TPSA) is 69.6 Å². The maximum Gasteiger partial charge on any atom is 0.229 e. The molecule has 0 saturated carbocycles. The van der Waals surface area contributed by atoms with Crippen LogP contribution in [0.4, 0.5) is 0 Å². The van der Waals surface area contributed by atoms with Gasteiger partial charge in [0.1, 0.15) is 0 Å². The zero-order valence-corrected chi connectivity index (χ0v) is 17.0. The molecule has 0 bridgehead atoms. The van der Waals surface area contributed by atoms with Crippen molar-refractivity contribution in [1.82, 2.24) is 24.9 Å². The van der Waals surface area contributed by atoms with Crippen LogP contribution >= 0.6 is 23.4 Å². The van der Waals surface area contributed by atoms with Crippen LogP contribution in [0.3, 0.4) is 0 Å². The Labute approximate surface area is 172 Å². The average Bonchev–Trinajstić information content (AvgIpc) is 3.35. The molecule has 0 aliphatic carbocycles. The van der Waals surface area contributed by atoms with Crippen LogP contribution in [-0.2, 0) is 5.75 Å². The first kappa shape index (κ1) is 18.7. The molecule has 4 aromatic rings. The molecule has 0 amide bonds. The van der Waals surface area contributed by atoms with Crippen molar-refractivity contribution in [3.05, 3.63) is 71.3 Å². The lowest BCUT2D eigenvalue weighted by atomic mass is 10.2. The van der Waals surface area contributed by atoms with E-state index in [1.165, 1.54) is 11.8 Å². The van der Waals surface area contributed by atoms with E-state index in [2.05, 4.69) is 20.3 Å². The van der Waals surface area contributed by atoms with E-state index >= 15 is 0 Å². The SMILES string of the molecule is CC(C)c1nc(CSc2nnc(-c3ccc(Cl)cc3)n2-c2ccccc2)no1. The minimum Gasteiger partial charge on any atom is -0.339 e. The molecule has 142 valence electrons. The molecule has 8 heteroatoms. The zero-order chi connectivity index (χ0) is 19.5. The number of benzene rings is 2. The predicted molar refractivity (Wildman–Crippen MR) is 110 cm³/mol. The molecule has 2 heterocycles. The van der Waals surface area contributed by atoms with Crippen molar-refractivity contribution < 1.29 is 4.52 Å². The highest BCUT2D eigenvalue weighted by atomic mass is 35.5. The first-order valence-corrected chi connectivity index (χ1v) is 10.2. The summed E-state index contributed by atoms with van der Waals surface area (Å²) in [5.41, 5.74) is 1.92. The highest BCUT2D eigenvalue weighted by molar-refractivity contribution is 7.98. The van der Waals surface area contributed by atoms with Gasteiger partial charge >= 0.3 is 0 Å². The van der Waals surface area contributed by atoms with Crippen LogP contribution < -0.4 is 0 Å². The van der Waals surface area contributed by atoms with Crippen LogP contribution in [0.15, 0.2) is 64.3 Å². The van der Waals surface area contributed by atoms with Gasteiger partial charge in [0.05, 0.1) is 5.75 Å². The van der Waals surface area contributed by atoms with Crippen LogP contribution in [0.2, 0.25) is 5.02 Å². The summed E-state index contributed by atoms with van der Waals surface area (Å²) in [6.45, 7) is 4.05. The molecular formula is C20H18ClN5OS. The highest BCUT2D eigenvalue weighted by Crippen LogP contribution is 2.30. The number of para-hydroxylation sites is 1. The van der Waals surface area contributed by atoms with E-state index in [0.29, 0.717) is 22.5 Å². The fourth-order valence-electron chi connectivity index (χ4n) is 2.65. The molecular weight excluding hydrogens is 394 g/mol. The van der Waals surface area contributed by atoms with Crippen LogP contribution in [0, 0.1) is 0 Å². The summed E-state index contributed by atoms with van der Waals surface area (Å²) in [6, 6.07) is 17.6. The predicted octanol–water partition coefficient (Wildman–Crippen LogP) is 5.39. The van der Waals surface area contributed by atoms with Crippen molar-refractivity contribution in [2.24, 2.45) is 0 Å². The number of rotatable bonds is 6. The summed E-state index contributed by atoms with van der Waals surface area (Å²) in [7, 11) is 0. The lowest BCUT2D eigenvalue weighted by Gasteiger charge is -2.10. The van der Waals surface area contributed by atoms with Crippen molar-refractivity contribution in [2.45, 2.75) is 30.7 Å². The van der Waals surface area contributed by atoms with Gasteiger partial charge in [-0.15, -0.1) is 10.2 Å². The first-order chi connectivity index (χ1) is 13.6. The van der Waals surface area contributed by atoms with E-state index in [0.717, 1.165) is 22.2 Å². The number of aromatic nitrogens is 5. The number of hydrogen-bond acceptors (Lipinski definition) is 6. The number of nitrogens with zero attached hydrogens (tertiary/aromatic N) is 5. The Kier molecular flexibility index (Phi) is 5.45. The minimum atomic E-state index is 0.204. The molecule has 0 aliphatic heterocycles. The van der Waals surface area contributed by atoms with E-state index < -0.39 is 0 Å². The zero-order valence-electron chi connectivity index (χ0n) is 15.4. The molecule has 6 nitrogen and oxygen atoms in total. The van der Waals surface area contributed by atoms with Crippen LogP contribution in [-0.4, -0.2) is 24.9 Å². The van der Waals surface area contributed by atoms with Gasteiger partial charge in [-0.25, -0.2) is 0 Å². The molecule has 2 aromatic carbocycles. The minimum absolute atomic E-state index is 0.204. The molecule has 0 unspecified atom stereocenters. The van der Waals surface area contributed by atoms with Crippen molar-refractivity contribution in [2.75, 3.05) is 0 Å². The molecule has 0 spiro atoms. The smallest absolute Gasteiger partial charge is 0.229 e. The lowest BCUT2D eigenvalue weighted by Crippen LogP contribution is -2.00. The molecule has 0 saturated heterocycles. The van der Waals surface area contributed by atoms with Gasteiger partial charge in [0.2, 0.25) is 5.89 Å². The van der Waals surface area contributed by atoms with E-state index in [-0.39, 0.29) is 5.92 Å². The fourth-order valence-corrected chi connectivity index (χ4v) is 3.57. The Morgan fingerprint density at radius 3 is 2.46 bits per heavy atom. The van der Waals surface area contributed by atoms with E-state index in [9.17, 15) is 0 Å². The molecule has 28 heavy (non-hydrogen) atoms. The molecule has 0 fully saturated rings. The number of halogens is 1. The normalized spacial score (nSPS) is 11.3. The Hall–Kier alpha value is -2.64. The van der Waals surface area contributed by atoms with Gasteiger partial charge in [-0.1, -0.05) is 60.6 Å². The monoisotopic (exact) mass is 411 g/mol. The second-order valence-corrected chi connectivity index (χ2v) is 7.86. The lowest BCUT2D eigenvalue weighted by molar-refractivity contribution is 0.362. The third-order valence-electron chi connectivity index (χ3n) is 4.06. The first-order valence-electron chi connectivity index (χ1n) is 8.84. The van der Waals surface area contributed by atoms with Crippen molar-refractivity contribution >= 4 is 23.4 Å². The Bertz CT molecular complexity index is 1060. The Morgan fingerprint density at radius 1 is 1.04 bits per heavy atom. The number of hydrogen-bond donors (Lipinski definition) is 0. The number of thioether (sulfide) groups is 1. The van der Waals surface area contributed by atoms with Crippen molar-refractivity contribution in [1.29, 1.82) is 0 Å². The summed E-state index contributed by atoms with van der Waals surface area (Å²) in [4.78, 5) is 4.43. The fraction of sp³-hybridized carbons (Fsp3) is 0.200. The summed E-state index contributed by atoms with van der Waals surface area (Å²) >= 11 is 7.55. The quantitative estimate of drug-likeness (QED) is 0.396. The van der Waals surface area contributed by atoms with Crippen LogP contribution in [0.25, 0.3) is 17.1 Å². The van der Waals surface area contributed by atoms with Crippen LogP contribution in [0.1, 0.15) is 31.5 Å². The molecule has 0 N–H and O–H groups in total. The second kappa shape index (κ2) is 8.16. The molecule has 0 atom stereocenters. The average molecular weight is 412 g/mol. The third-order valence-corrected chi connectivity index (χ3v) is 5.24. The molecule has 4 rings (SSSR count). The standard InChI is InChI=1S/C20H18ClN5OS/c1-13(2)19-22-17(25-27-19)12-28-20-24-23-18(14-8-10-15(21)11-9-14)26(20)16-6-4-3-5-7-16/h3-11,13H,12H2,1-2H3. The van der Waals surface area contributed by atoms with Crippen molar-refractivity contribution in [3.8, 4) is 17.1 Å². The van der Waals surface area contributed by atoms with Gasteiger partial charge in [-0.05, 0) is 36.4 Å². The molecule has 0 radical (unpaired) electrons. The van der Waals surface area contributed by atoms with Gasteiger partial charge < -0.3 is 4.52 Å². The van der Waals surface area contributed by atoms with E-state index in [4.69, 9.17) is 16.1 Å². The van der Waals surface area contributed by atoms with Gasteiger partial charge in [-0.3, -0.25) is 4.57 Å². The maximum absolute atomic E-state index is 6.03. The summed E-state index contributed by atoms with van der Waals surface area (Å²) < 4.78 is 7.31. The van der Waals surface area contributed by atoms with Gasteiger partial charge in [-0.2, -0.15) is 4.98 Å². The summed E-state index contributed by atoms with van der Waals surface area (Å²) in [5, 5.41) is 14.3. The van der Waals surface area contributed by atoms with E-state index in [1.54, 1.807) is 0 Å².